The van der Waals surface area contributed by atoms with Crippen molar-refractivity contribution in [2.24, 2.45) is 5.11 Å². The first kappa shape index (κ1) is 10.9. The summed E-state index contributed by atoms with van der Waals surface area (Å²) in [5.74, 6) is -1.02. The van der Waals surface area contributed by atoms with Crippen LogP contribution in [0.1, 0.15) is 6.92 Å². The molecule has 0 aromatic carbocycles. The van der Waals surface area contributed by atoms with Crippen molar-refractivity contribution in [2.75, 3.05) is 6.61 Å². The average molecular weight is 186 g/mol. The van der Waals surface area contributed by atoms with E-state index in [1.165, 1.54) is 6.92 Å². The number of rotatable bonds is 4. The molecule has 0 radical (unpaired) electrons. The van der Waals surface area contributed by atoms with Gasteiger partial charge in [0.1, 0.15) is 0 Å². The van der Waals surface area contributed by atoms with Crippen molar-refractivity contribution in [2.45, 2.75) is 6.92 Å². The number of azide groups is 1. The molecular weight excluding hydrogens is 180 g/mol. The molecule has 0 rings (SSSR count). The van der Waals surface area contributed by atoms with Crippen molar-refractivity contribution in [3.8, 4) is 0 Å². The third-order valence-electron chi connectivity index (χ3n) is 0.865. The lowest BCUT2D eigenvalue weighted by molar-refractivity contribution is -0.403. The average Bonchev–Trinajstić information content (AvgIpc) is 2.03. The van der Waals surface area contributed by atoms with E-state index < -0.39 is 16.6 Å². The van der Waals surface area contributed by atoms with Gasteiger partial charge in [0.15, 0.2) is 5.70 Å². The summed E-state index contributed by atoms with van der Waals surface area (Å²) in [4.78, 5) is 22.1. The van der Waals surface area contributed by atoms with Crippen LogP contribution in [0.2, 0.25) is 0 Å². The Labute approximate surface area is 72.6 Å². The SMILES string of the molecule is CCOC(=O)/C(=C/[N+](=O)[O-])N=[N+]=[N-]. The zero-order valence-electron chi connectivity index (χ0n) is 6.71. The lowest BCUT2D eigenvalue weighted by Crippen LogP contribution is -2.07. The molecule has 8 heteroatoms. The maximum atomic E-state index is 10.8. The number of nitrogens with zero attached hydrogens (tertiary/aromatic N) is 4. The first-order valence-corrected chi connectivity index (χ1v) is 3.19. The largest absolute Gasteiger partial charge is 0.462 e. The highest BCUT2D eigenvalue weighted by Gasteiger charge is 2.12. The Balaban J connectivity index is 4.70. The van der Waals surface area contributed by atoms with Crippen LogP contribution in [0.15, 0.2) is 17.0 Å². The summed E-state index contributed by atoms with van der Waals surface area (Å²) in [5, 5.41) is 12.7. The van der Waals surface area contributed by atoms with Crippen molar-refractivity contribution in [3.63, 3.8) is 0 Å². The molecule has 0 fully saturated rings. The number of hydrogen-bond acceptors (Lipinski definition) is 5. The van der Waals surface area contributed by atoms with Gasteiger partial charge in [0.25, 0.3) is 6.20 Å². The molecule has 13 heavy (non-hydrogen) atoms. The van der Waals surface area contributed by atoms with E-state index in [1.807, 2.05) is 0 Å². The van der Waals surface area contributed by atoms with E-state index in [2.05, 4.69) is 14.8 Å². The smallest absolute Gasteiger partial charge is 0.346 e. The third kappa shape index (κ3) is 4.38. The summed E-state index contributed by atoms with van der Waals surface area (Å²) in [6.07, 6.45) is 0.289. The van der Waals surface area contributed by atoms with Gasteiger partial charge in [-0.25, -0.2) is 4.79 Å². The topological polar surface area (TPSA) is 118 Å². The molecular formula is C5H6N4O4. The summed E-state index contributed by atoms with van der Waals surface area (Å²) >= 11 is 0. The molecule has 0 aromatic rings. The first-order valence-electron chi connectivity index (χ1n) is 3.19. The van der Waals surface area contributed by atoms with E-state index in [9.17, 15) is 14.9 Å². The third-order valence-corrected chi connectivity index (χ3v) is 0.865. The minimum atomic E-state index is -1.02. The van der Waals surface area contributed by atoms with Crippen LogP contribution in [0.3, 0.4) is 0 Å². The van der Waals surface area contributed by atoms with Crippen LogP contribution in [0, 0.1) is 10.1 Å². The molecule has 0 aromatic heterocycles. The van der Waals surface area contributed by atoms with Gasteiger partial charge in [-0.15, -0.1) is 0 Å². The maximum Gasteiger partial charge on any atom is 0.346 e. The summed E-state index contributed by atoms with van der Waals surface area (Å²) in [6, 6.07) is 0. The van der Waals surface area contributed by atoms with Gasteiger partial charge < -0.3 is 4.74 Å². The molecule has 0 aliphatic rings. The molecule has 0 unspecified atom stereocenters. The summed E-state index contributed by atoms with van der Waals surface area (Å²) < 4.78 is 4.38. The summed E-state index contributed by atoms with van der Waals surface area (Å²) in [7, 11) is 0. The van der Waals surface area contributed by atoms with Crippen LogP contribution in [0.4, 0.5) is 0 Å². The normalized spacial score (nSPS) is 10.1. The summed E-state index contributed by atoms with van der Waals surface area (Å²) in [5.41, 5.74) is 7.28. The van der Waals surface area contributed by atoms with Crippen molar-refractivity contribution >= 4 is 5.97 Å². The first-order chi connectivity index (χ1) is 6.11. The van der Waals surface area contributed by atoms with Gasteiger partial charge in [0.2, 0.25) is 0 Å². The van der Waals surface area contributed by atoms with E-state index >= 15 is 0 Å². The lowest BCUT2D eigenvalue weighted by Gasteiger charge is -1.97. The van der Waals surface area contributed by atoms with Gasteiger partial charge in [-0.2, -0.15) is 0 Å². The van der Waals surface area contributed by atoms with Gasteiger partial charge in [-0.3, -0.25) is 10.1 Å². The van der Waals surface area contributed by atoms with Gasteiger partial charge in [-0.1, -0.05) is 0 Å². The highest BCUT2D eigenvalue weighted by atomic mass is 16.6. The number of hydrogen-bond donors (Lipinski definition) is 0. The van der Waals surface area contributed by atoms with Crippen molar-refractivity contribution in [1.82, 2.24) is 0 Å². The molecule has 8 nitrogen and oxygen atoms in total. The van der Waals surface area contributed by atoms with Crippen LogP contribution < -0.4 is 0 Å². The number of ether oxygens (including phenoxy) is 1. The second kappa shape index (κ2) is 5.56. The molecule has 0 amide bonds. The Kier molecular flexibility index (Phi) is 4.67. The highest BCUT2D eigenvalue weighted by molar-refractivity contribution is 5.87. The standard InChI is InChI=1S/C5H6N4O4/c1-2-13-5(10)4(7-8-6)3-9(11)12/h3H,2H2,1H3/b4-3-. The van der Waals surface area contributed by atoms with E-state index in [0.29, 0.717) is 0 Å². The van der Waals surface area contributed by atoms with E-state index in [1.54, 1.807) is 0 Å². The fraction of sp³-hybridized carbons (Fsp3) is 0.400. The zero-order valence-corrected chi connectivity index (χ0v) is 6.71. The Morgan fingerprint density at radius 2 is 2.46 bits per heavy atom. The monoisotopic (exact) mass is 186 g/mol. The number of carbonyl (C=O) groups excluding carboxylic acids is 1. The van der Waals surface area contributed by atoms with Crippen molar-refractivity contribution < 1.29 is 14.5 Å². The maximum absolute atomic E-state index is 10.8. The van der Waals surface area contributed by atoms with Gasteiger partial charge in [-0.05, 0) is 17.6 Å². The minimum Gasteiger partial charge on any atom is -0.462 e. The number of esters is 1. The van der Waals surface area contributed by atoms with Crippen molar-refractivity contribution in [1.29, 1.82) is 0 Å². The minimum absolute atomic E-state index is 0.0504. The molecule has 0 saturated heterocycles. The Morgan fingerprint density at radius 3 is 2.85 bits per heavy atom. The lowest BCUT2D eigenvalue weighted by atomic mass is 10.5. The number of nitro groups is 1. The van der Waals surface area contributed by atoms with Crippen LogP contribution >= 0.6 is 0 Å². The molecule has 0 atom stereocenters. The fourth-order valence-corrected chi connectivity index (χ4v) is 0.472. The van der Waals surface area contributed by atoms with Crippen molar-refractivity contribution in [3.05, 3.63) is 32.5 Å². The fourth-order valence-electron chi connectivity index (χ4n) is 0.472. The molecule has 0 spiro atoms. The second-order valence-electron chi connectivity index (χ2n) is 1.71. The Hall–Kier alpha value is -2.08. The van der Waals surface area contributed by atoms with E-state index in [-0.39, 0.29) is 12.8 Å². The molecule has 0 aliphatic carbocycles. The number of carbonyl (C=O) groups is 1. The van der Waals surface area contributed by atoms with E-state index in [0.717, 1.165) is 0 Å². The van der Waals surface area contributed by atoms with Gasteiger partial charge >= 0.3 is 5.97 Å². The molecule has 0 aliphatic heterocycles. The van der Waals surface area contributed by atoms with Gasteiger partial charge in [0, 0.05) is 4.91 Å². The molecule has 0 heterocycles. The van der Waals surface area contributed by atoms with Crippen LogP contribution in [0.5, 0.6) is 0 Å². The Morgan fingerprint density at radius 1 is 1.85 bits per heavy atom. The molecule has 70 valence electrons. The molecule has 0 saturated carbocycles. The predicted molar refractivity (Wildman–Crippen MR) is 40.9 cm³/mol. The van der Waals surface area contributed by atoms with Crippen LogP contribution in [-0.4, -0.2) is 17.5 Å². The van der Waals surface area contributed by atoms with Crippen LogP contribution in [-0.2, 0) is 9.53 Å². The highest BCUT2D eigenvalue weighted by Crippen LogP contribution is 2.00. The zero-order chi connectivity index (χ0) is 10.3. The molecule has 0 N–H and O–H groups in total. The van der Waals surface area contributed by atoms with E-state index in [4.69, 9.17) is 5.53 Å². The van der Waals surface area contributed by atoms with Crippen LogP contribution in [0.25, 0.3) is 10.4 Å². The second-order valence-corrected chi connectivity index (χ2v) is 1.71. The summed E-state index contributed by atoms with van der Waals surface area (Å²) in [6.45, 7) is 1.58. The predicted octanol–water partition coefficient (Wildman–Crippen LogP) is 0.978. The Bertz CT molecular complexity index is 291. The quantitative estimate of drug-likeness (QED) is 0.123. The van der Waals surface area contributed by atoms with Gasteiger partial charge in [0.05, 0.1) is 11.5 Å². The molecule has 0 bridgehead atoms.